The third kappa shape index (κ3) is 3.69. The molecule has 6 heteroatoms. The number of benzene rings is 1. The molecule has 0 unspecified atom stereocenters. The van der Waals surface area contributed by atoms with Crippen molar-refractivity contribution < 1.29 is 18.0 Å². The molecular weight excluding hydrogens is 287 g/mol. The maximum Gasteiger partial charge on any atom is 0.471 e. The zero-order valence-electron chi connectivity index (χ0n) is 7.88. The van der Waals surface area contributed by atoms with Gasteiger partial charge in [0.1, 0.15) is 0 Å². The lowest BCUT2D eigenvalue weighted by Crippen LogP contribution is -2.29. The Bertz CT molecular complexity index is 415. The minimum absolute atomic E-state index is 0.102. The van der Waals surface area contributed by atoms with E-state index in [1.54, 1.807) is 28.5 Å². The molecule has 1 aromatic carbocycles. The van der Waals surface area contributed by atoms with Crippen molar-refractivity contribution in [2.75, 3.05) is 5.32 Å². The van der Waals surface area contributed by atoms with Gasteiger partial charge < -0.3 is 5.32 Å². The number of hydrogen-bond donors (Lipinski definition) is 1. The third-order valence-electron chi connectivity index (χ3n) is 1.66. The standard InChI is InChI=1S/C10H7BrF3NO/c11-5-4-7-2-1-3-8(6-7)15-9(16)10(12,13)14/h1-6H,(H,15,16)/b5-4+. The summed E-state index contributed by atoms with van der Waals surface area (Å²) in [4.78, 5) is 12.2. The molecule has 0 heterocycles. The van der Waals surface area contributed by atoms with E-state index in [0.29, 0.717) is 5.56 Å². The van der Waals surface area contributed by atoms with Crippen molar-refractivity contribution >= 4 is 33.6 Å². The first-order chi connectivity index (χ1) is 7.43. The van der Waals surface area contributed by atoms with Crippen LogP contribution in [0.5, 0.6) is 0 Å². The summed E-state index contributed by atoms with van der Waals surface area (Å²) in [5, 5.41) is 1.77. The van der Waals surface area contributed by atoms with Gasteiger partial charge in [-0.2, -0.15) is 13.2 Å². The lowest BCUT2D eigenvalue weighted by molar-refractivity contribution is -0.167. The molecule has 0 saturated heterocycles. The fraction of sp³-hybridized carbons (Fsp3) is 0.100. The smallest absolute Gasteiger partial charge is 0.318 e. The van der Waals surface area contributed by atoms with Gasteiger partial charge in [0.15, 0.2) is 0 Å². The molecule has 2 nitrogen and oxygen atoms in total. The van der Waals surface area contributed by atoms with Crippen molar-refractivity contribution in [3.8, 4) is 0 Å². The highest BCUT2D eigenvalue weighted by molar-refractivity contribution is 9.11. The molecule has 0 fully saturated rings. The molecule has 0 saturated carbocycles. The van der Waals surface area contributed by atoms with Crippen molar-refractivity contribution in [2.45, 2.75) is 6.18 Å². The van der Waals surface area contributed by atoms with Crippen LogP contribution in [-0.2, 0) is 4.79 Å². The van der Waals surface area contributed by atoms with Crippen LogP contribution in [0.25, 0.3) is 6.08 Å². The second-order valence-corrected chi connectivity index (χ2v) is 3.40. The highest BCUT2D eigenvalue weighted by Crippen LogP contribution is 2.19. The summed E-state index contributed by atoms with van der Waals surface area (Å²) < 4.78 is 35.8. The molecule has 0 aliphatic carbocycles. The molecule has 0 aliphatic heterocycles. The number of amides is 1. The number of nitrogens with one attached hydrogen (secondary N) is 1. The lowest BCUT2D eigenvalue weighted by atomic mass is 10.2. The van der Waals surface area contributed by atoms with Crippen molar-refractivity contribution in [3.63, 3.8) is 0 Å². The van der Waals surface area contributed by atoms with Crippen molar-refractivity contribution in [2.24, 2.45) is 0 Å². The van der Waals surface area contributed by atoms with Crippen LogP contribution in [0.3, 0.4) is 0 Å². The summed E-state index contributed by atoms with van der Waals surface area (Å²) in [5.74, 6) is -1.98. The van der Waals surface area contributed by atoms with E-state index in [-0.39, 0.29) is 5.69 Å². The van der Waals surface area contributed by atoms with E-state index in [9.17, 15) is 18.0 Å². The summed E-state index contributed by atoms with van der Waals surface area (Å²) >= 11 is 3.05. The molecule has 1 N–H and O–H groups in total. The van der Waals surface area contributed by atoms with Gasteiger partial charge in [0, 0.05) is 5.69 Å². The Kier molecular flexibility index (Phi) is 4.12. The number of carbonyl (C=O) groups is 1. The van der Waals surface area contributed by atoms with Gasteiger partial charge in [-0.25, -0.2) is 0 Å². The van der Waals surface area contributed by atoms with E-state index in [1.165, 1.54) is 12.1 Å². The zero-order chi connectivity index (χ0) is 12.2. The van der Waals surface area contributed by atoms with E-state index in [1.807, 2.05) is 0 Å². The van der Waals surface area contributed by atoms with Crippen LogP contribution in [0.4, 0.5) is 18.9 Å². The molecule has 1 aromatic rings. The van der Waals surface area contributed by atoms with Crippen LogP contribution in [0.15, 0.2) is 29.3 Å². The quantitative estimate of drug-likeness (QED) is 0.888. The summed E-state index contributed by atoms with van der Waals surface area (Å²) in [6, 6.07) is 6.06. The lowest BCUT2D eigenvalue weighted by Gasteiger charge is -2.08. The minimum Gasteiger partial charge on any atom is -0.318 e. The predicted molar refractivity (Wildman–Crippen MR) is 59.1 cm³/mol. The van der Waals surface area contributed by atoms with Gasteiger partial charge in [-0.1, -0.05) is 28.1 Å². The second-order valence-electron chi connectivity index (χ2n) is 2.87. The molecule has 86 valence electrons. The number of carbonyl (C=O) groups excluding carboxylic acids is 1. The first-order valence-corrected chi connectivity index (χ1v) is 5.10. The molecular formula is C10H7BrF3NO. The molecule has 1 amide bonds. The van der Waals surface area contributed by atoms with Gasteiger partial charge >= 0.3 is 12.1 Å². The maximum absolute atomic E-state index is 11.9. The van der Waals surface area contributed by atoms with E-state index >= 15 is 0 Å². The molecule has 0 bridgehead atoms. The Morgan fingerprint density at radius 1 is 1.38 bits per heavy atom. The van der Waals surface area contributed by atoms with Gasteiger partial charge in [0.25, 0.3) is 0 Å². The fourth-order valence-corrected chi connectivity index (χ4v) is 1.30. The molecule has 0 atom stereocenters. The van der Waals surface area contributed by atoms with Crippen molar-refractivity contribution in [1.82, 2.24) is 0 Å². The van der Waals surface area contributed by atoms with Crippen molar-refractivity contribution in [3.05, 3.63) is 34.8 Å². The Labute approximate surface area is 98.3 Å². The van der Waals surface area contributed by atoms with E-state index in [4.69, 9.17) is 0 Å². The summed E-state index contributed by atoms with van der Waals surface area (Å²) in [6.45, 7) is 0. The molecule has 0 radical (unpaired) electrons. The Morgan fingerprint density at radius 2 is 2.06 bits per heavy atom. The van der Waals surface area contributed by atoms with Gasteiger partial charge in [-0.15, -0.1) is 0 Å². The summed E-state index contributed by atoms with van der Waals surface area (Å²) in [7, 11) is 0. The Morgan fingerprint density at radius 3 is 2.62 bits per heavy atom. The minimum atomic E-state index is -4.87. The van der Waals surface area contributed by atoms with Crippen LogP contribution >= 0.6 is 15.9 Å². The maximum atomic E-state index is 11.9. The van der Waals surface area contributed by atoms with Gasteiger partial charge in [0.05, 0.1) is 0 Å². The first kappa shape index (κ1) is 12.8. The van der Waals surface area contributed by atoms with Crippen LogP contribution in [0, 0.1) is 0 Å². The number of alkyl halides is 3. The normalized spacial score (nSPS) is 11.8. The summed E-state index contributed by atoms with van der Waals surface area (Å²) in [6.07, 6.45) is -3.23. The third-order valence-corrected chi connectivity index (χ3v) is 1.92. The van der Waals surface area contributed by atoms with Gasteiger partial charge in [-0.05, 0) is 28.8 Å². The van der Waals surface area contributed by atoms with E-state index in [0.717, 1.165) is 0 Å². The van der Waals surface area contributed by atoms with Crippen LogP contribution in [-0.4, -0.2) is 12.1 Å². The van der Waals surface area contributed by atoms with Crippen LogP contribution < -0.4 is 5.32 Å². The highest BCUT2D eigenvalue weighted by atomic mass is 79.9. The van der Waals surface area contributed by atoms with Gasteiger partial charge in [-0.3, -0.25) is 4.79 Å². The topological polar surface area (TPSA) is 29.1 Å². The SMILES string of the molecule is O=C(Nc1cccc(/C=C/Br)c1)C(F)(F)F. The number of halogens is 4. The largest absolute Gasteiger partial charge is 0.471 e. The number of rotatable bonds is 2. The average Bonchev–Trinajstić information content (AvgIpc) is 2.17. The number of hydrogen-bond acceptors (Lipinski definition) is 1. The molecule has 0 aliphatic rings. The van der Waals surface area contributed by atoms with E-state index < -0.39 is 12.1 Å². The Balaban J connectivity index is 2.82. The van der Waals surface area contributed by atoms with E-state index in [2.05, 4.69) is 15.9 Å². The fourth-order valence-electron chi connectivity index (χ4n) is 0.995. The zero-order valence-corrected chi connectivity index (χ0v) is 9.47. The molecule has 16 heavy (non-hydrogen) atoms. The summed E-state index contributed by atoms with van der Waals surface area (Å²) in [5.41, 5.74) is 0.780. The number of anilines is 1. The highest BCUT2D eigenvalue weighted by Gasteiger charge is 2.38. The first-order valence-electron chi connectivity index (χ1n) is 4.18. The second kappa shape index (κ2) is 5.16. The average molecular weight is 294 g/mol. The predicted octanol–water partition coefficient (Wildman–Crippen LogP) is 3.55. The van der Waals surface area contributed by atoms with Crippen LogP contribution in [0.1, 0.15) is 5.56 Å². The molecule has 0 spiro atoms. The van der Waals surface area contributed by atoms with Gasteiger partial charge in [0.2, 0.25) is 0 Å². The molecule has 0 aromatic heterocycles. The Hall–Kier alpha value is -1.30. The monoisotopic (exact) mass is 293 g/mol. The van der Waals surface area contributed by atoms with Crippen molar-refractivity contribution in [1.29, 1.82) is 0 Å². The molecule has 1 rings (SSSR count). The van der Waals surface area contributed by atoms with Crippen LogP contribution in [0.2, 0.25) is 0 Å².